The molecule has 6 heteroatoms. The van der Waals surface area contributed by atoms with Gasteiger partial charge in [0.05, 0.1) is 12.7 Å². The van der Waals surface area contributed by atoms with Crippen LogP contribution in [0.2, 0.25) is 0 Å². The van der Waals surface area contributed by atoms with Gasteiger partial charge in [0.25, 0.3) is 5.91 Å². The third-order valence-corrected chi connectivity index (χ3v) is 4.28. The highest BCUT2D eigenvalue weighted by Crippen LogP contribution is 2.26. The van der Waals surface area contributed by atoms with Crippen LogP contribution in [0, 0.1) is 13.8 Å². The number of amides is 1. The maximum atomic E-state index is 11.9. The monoisotopic (exact) mass is 353 g/mol. The zero-order valence-corrected chi connectivity index (χ0v) is 14.8. The molecule has 3 rings (SSSR count). The SMILES string of the molecule is COc1ccc(OCc2cc(=O)oc3cc(C)c(C)cc23)c(C(N)=O)c1. The molecular formula is C20H19NO5. The average molecular weight is 353 g/mol. The molecule has 0 fully saturated rings. The van der Waals surface area contributed by atoms with Crippen LogP contribution >= 0.6 is 0 Å². The fourth-order valence-electron chi connectivity index (χ4n) is 2.71. The number of rotatable bonds is 5. The number of methoxy groups -OCH3 is 1. The second-order valence-corrected chi connectivity index (χ2v) is 6.04. The topological polar surface area (TPSA) is 91.8 Å². The summed E-state index contributed by atoms with van der Waals surface area (Å²) in [6, 6.07) is 9.98. The summed E-state index contributed by atoms with van der Waals surface area (Å²) in [6.07, 6.45) is 0. The smallest absolute Gasteiger partial charge is 0.336 e. The molecule has 0 aliphatic heterocycles. The highest BCUT2D eigenvalue weighted by molar-refractivity contribution is 5.96. The number of carbonyl (C=O) groups excluding carboxylic acids is 1. The normalized spacial score (nSPS) is 10.7. The van der Waals surface area contributed by atoms with Crippen LogP contribution in [0.1, 0.15) is 27.0 Å². The summed E-state index contributed by atoms with van der Waals surface area (Å²) >= 11 is 0. The summed E-state index contributed by atoms with van der Waals surface area (Å²) in [5, 5.41) is 0.793. The lowest BCUT2D eigenvalue weighted by Crippen LogP contribution is -2.13. The molecule has 0 spiro atoms. The summed E-state index contributed by atoms with van der Waals surface area (Å²) in [6.45, 7) is 4.03. The van der Waals surface area contributed by atoms with Crippen molar-refractivity contribution in [2.75, 3.05) is 7.11 Å². The fraction of sp³-hybridized carbons (Fsp3) is 0.200. The van der Waals surface area contributed by atoms with E-state index in [1.165, 1.54) is 19.2 Å². The average Bonchev–Trinajstić information content (AvgIpc) is 2.61. The van der Waals surface area contributed by atoms with E-state index in [-0.39, 0.29) is 12.2 Å². The molecule has 2 aromatic carbocycles. The van der Waals surface area contributed by atoms with E-state index in [4.69, 9.17) is 19.6 Å². The summed E-state index contributed by atoms with van der Waals surface area (Å²) < 4.78 is 16.2. The molecule has 0 radical (unpaired) electrons. The van der Waals surface area contributed by atoms with Gasteiger partial charge in [0, 0.05) is 17.0 Å². The van der Waals surface area contributed by atoms with Gasteiger partial charge in [-0.05, 0) is 55.3 Å². The highest BCUT2D eigenvalue weighted by Gasteiger charge is 2.13. The van der Waals surface area contributed by atoms with Gasteiger partial charge in [-0.2, -0.15) is 0 Å². The molecule has 134 valence electrons. The molecule has 6 nitrogen and oxygen atoms in total. The van der Waals surface area contributed by atoms with Gasteiger partial charge in [0.15, 0.2) is 0 Å². The van der Waals surface area contributed by atoms with Crippen molar-refractivity contribution >= 4 is 16.9 Å². The van der Waals surface area contributed by atoms with Gasteiger partial charge in [-0.15, -0.1) is 0 Å². The zero-order valence-electron chi connectivity index (χ0n) is 14.8. The number of nitrogens with two attached hydrogens (primary N) is 1. The fourth-order valence-corrected chi connectivity index (χ4v) is 2.71. The van der Waals surface area contributed by atoms with E-state index >= 15 is 0 Å². The maximum Gasteiger partial charge on any atom is 0.336 e. The highest BCUT2D eigenvalue weighted by atomic mass is 16.5. The first-order valence-electron chi connectivity index (χ1n) is 8.03. The quantitative estimate of drug-likeness (QED) is 0.712. The molecule has 0 bridgehead atoms. The first-order valence-corrected chi connectivity index (χ1v) is 8.03. The summed E-state index contributed by atoms with van der Waals surface area (Å²) in [5.74, 6) is 0.203. The number of aryl methyl sites for hydroxylation is 2. The molecule has 0 atom stereocenters. The second kappa shape index (κ2) is 6.92. The lowest BCUT2D eigenvalue weighted by atomic mass is 10.0. The first-order chi connectivity index (χ1) is 12.4. The van der Waals surface area contributed by atoms with E-state index in [0.29, 0.717) is 22.6 Å². The minimum Gasteiger partial charge on any atom is -0.497 e. The van der Waals surface area contributed by atoms with Crippen molar-refractivity contribution in [3.05, 3.63) is 69.1 Å². The Balaban J connectivity index is 1.99. The van der Waals surface area contributed by atoms with E-state index in [9.17, 15) is 9.59 Å². The van der Waals surface area contributed by atoms with Crippen LogP contribution in [-0.2, 0) is 6.61 Å². The molecule has 0 unspecified atom stereocenters. The van der Waals surface area contributed by atoms with Gasteiger partial charge in [-0.1, -0.05) is 0 Å². The van der Waals surface area contributed by atoms with Crippen LogP contribution in [0.4, 0.5) is 0 Å². The molecule has 0 aliphatic rings. The molecule has 26 heavy (non-hydrogen) atoms. The van der Waals surface area contributed by atoms with E-state index < -0.39 is 11.5 Å². The molecule has 3 aromatic rings. The molecule has 1 amide bonds. The lowest BCUT2D eigenvalue weighted by molar-refractivity contribution is 0.0995. The molecule has 0 saturated carbocycles. The first kappa shape index (κ1) is 17.5. The third-order valence-electron chi connectivity index (χ3n) is 4.28. The Bertz CT molecular complexity index is 1050. The Kier molecular flexibility index (Phi) is 4.67. The van der Waals surface area contributed by atoms with E-state index in [0.717, 1.165) is 16.5 Å². The van der Waals surface area contributed by atoms with E-state index in [1.54, 1.807) is 12.1 Å². The van der Waals surface area contributed by atoms with Crippen molar-refractivity contribution in [1.29, 1.82) is 0 Å². The molecule has 1 aromatic heterocycles. The zero-order chi connectivity index (χ0) is 18.8. The number of fused-ring (bicyclic) bond motifs is 1. The Morgan fingerprint density at radius 3 is 2.54 bits per heavy atom. The van der Waals surface area contributed by atoms with Crippen molar-refractivity contribution in [1.82, 2.24) is 0 Å². The van der Waals surface area contributed by atoms with E-state index in [1.807, 2.05) is 26.0 Å². The predicted octanol–water partition coefficient (Wildman–Crippen LogP) is 3.10. The number of hydrogen-bond acceptors (Lipinski definition) is 5. The molecular weight excluding hydrogens is 334 g/mol. The van der Waals surface area contributed by atoms with Crippen LogP contribution in [0.25, 0.3) is 11.0 Å². The van der Waals surface area contributed by atoms with Gasteiger partial charge in [-0.3, -0.25) is 4.79 Å². The van der Waals surface area contributed by atoms with Crippen LogP contribution in [-0.4, -0.2) is 13.0 Å². The van der Waals surface area contributed by atoms with Crippen LogP contribution < -0.4 is 20.8 Å². The summed E-state index contributed by atoms with van der Waals surface area (Å²) in [7, 11) is 1.50. The van der Waals surface area contributed by atoms with Gasteiger partial charge >= 0.3 is 5.63 Å². The Morgan fingerprint density at radius 1 is 1.12 bits per heavy atom. The third kappa shape index (κ3) is 3.39. The van der Waals surface area contributed by atoms with Gasteiger partial charge in [-0.25, -0.2) is 4.79 Å². The lowest BCUT2D eigenvalue weighted by Gasteiger charge is -2.12. The van der Waals surface area contributed by atoms with Crippen molar-refractivity contribution in [3.63, 3.8) is 0 Å². The minimum absolute atomic E-state index is 0.0945. The Morgan fingerprint density at radius 2 is 1.85 bits per heavy atom. The summed E-state index contributed by atoms with van der Waals surface area (Å²) in [5.41, 5.74) is 8.46. The van der Waals surface area contributed by atoms with Crippen LogP contribution in [0.5, 0.6) is 11.5 Å². The molecule has 1 heterocycles. The van der Waals surface area contributed by atoms with Crippen molar-refractivity contribution in [2.45, 2.75) is 20.5 Å². The second-order valence-electron chi connectivity index (χ2n) is 6.04. The van der Waals surface area contributed by atoms with Crippen LogP contribution in [0.15, 0.2) is 45.6 Å². The van der Waals surface area contributed by atoms with E-state index in [2.05, 4.69) is 0 Å². The van der Waals surface area contributed by atoms with Crippen molar-refractivity contribution < 1.29 is 18.7 Å². The van der Waals surface area contributed by atoms with Crippen molar-refractivity contribution in [2.24, 2.45) is 5.73 Å². The van der Waals surface area contributed by atoms with Crippen LogP contribution in [0.3, 0.4) is 0 Å². The number of carbonyl (C=O) groups is 1. The molecule has 2 N–H and O–H groups in total. The predicted molar refractivity (Wildman–Crippen MR) is 97.8 cm³/mol. The number of ether oxygens (including phenoxy) is 2. The minimum atomic E-state index is -0.622. The largest absolute Gasteiger partial charge is 0.497 e. The maximum absolute atomic E-state index is 11.9. The number of hydrogen-bond donors (Lipinski definition) is 1. The van der Waals surface area contributed by atoms with Gasteiger partial charge in [0.2, 0.25) is 0 Å². The molecule has 0 aliphatic carbocycles. The summed E-state index contributed by atoms with van der Waals surface area (Å²) in [4.78, 5) is 23.5. The van der Waals surface area contributed by atoms with Gasteiger partial charge < -0.3 is 19.6 Å². The molecule has 0 saturated heterocycles. The Hall–Kier alpha value is -3.28. The Labute approximate surface area is 150 Å². The van der Waals surface area contributed by atoms with Gasteiger partial charge in [0.1, 0.15) is 23.7 Å². The number of benzene rings is 2. The number of primary amides is 1. The standard InChI is InChI=1S/C20H19NO5/c1-11-6-15-13(8-19(22)26-18(15)7-12(11)2)10-25-17-5-4-14(24-3)9-16(17)20(21)23/h4-9H,10H2,1-3H3,(H2,21,23). The van der Waals surface area contributed by atoms with Crippen molar-refractivity contribution in [3.8, 4) is 11.5 Å².